The highest BCUT2D eigenvalue weighted by molar-refractivity contribution is 5.91. The number of anilines is 1. The quantitative estimate of drug-likeness (QED) is 0.758. The van der Waals surface area contributed by atoms with Gasteiger partial charge in [-0.15, -0.1) is 0 Å². The van der Waals surface area contributed by atoms with Crippen LogP contribution in [0, 0.1) is 0 Å². The molecule has 0 radical (unpaired) electrons. The van der Waals surface area contributed by atoms with Crippen molar-refractivity contribution in [3.05, 3.63) is 18.0 Å². The van der Waals surface area contributed by atoms with Crippen LogP contribution in [0.3, 0.4) is 0 Å². The van der Waals surface area contributed by atoms with E-state index < -0.39 is 0 Å². The zero-order chi connectivity index (χ0) is 15.4. The summed E-state index contributed by atoms with van der Waals surface area (Å²) in [6.07, 6.45) is 8.39. The Balaban J connectivity index is 0.00000172. The van der Waals surface area contributed by atoms with Crippen molar-refractivity contribution in [3.8, 4) is 0 Å². The Hall–Kier alpha value is -1.45. The summed E-state index contributed by atoms with van der Waals surface area (Å²) in [6.45, 7) is 10.8. The summed E-state index contributed by atoms with van der Waals surface area (Å²) >= 11 is 0. The second-order valence-electron chi connectivity index (χ2n) is 4.39. The monoisotopic (exact) mass is 279 g/mol. The van der Waals surface area contributed by atoms with Gasteiger partial charge in [-0.25, -0.2) is 9.97 Å². The van der Waals surface area contributed by atoms with Crippen LogP contribution in [0.15, 0.2) is 12.4 Å². The van der Waals surface area contributed by atoms with Gasteiger partial charge < -0.3 is 0 Å². The van der Waals surface area contributed by atoms with Crippen LogP contribution in [0.2, 0.25) is 0 Å². The van der Waals surface area contributed by atoms with E-state index in [0.717, 1.165) is 31.2 Å². The fourth-order valence-electron chi connectivity index (χ4n) is 1.75. The maximum absolute atomic E-state index is 11.8. The molecule has 0 aromatic carbocycles. The van der Waals surface area contributed by atoms with Crippen LogP contribution in [-0.2, 0) is 11.2 Å². The molecule has 20 heavy (non-hydrogen) atoms. The predicted octanol–water partition coefficient (Wildman–Crippen LogP) is 4.00. The van der Waals surface area contributed by atoms with E-state index >= 15 is 0 Å². The van der Waals surface area contributed by atoms with Gasteiger partial charge in [-0.1, -0.05) is 41.0 Å². The SMILES string of the molecule is CC.CCCCc1cnc(N(CCC)C(=O)CC)nc1. The second-order valence-corrected chi connectivity index (χ2v) is 4.39. The van der Waals surface area contributed by atoms with Gasteiger partial charge in [0.25, 0.3) is 0 Å². The van der Waals surface area contributed by atoms with Crippen molar-refractivity contribution in [3.63, 3.8) is 0 Å². The summed E-state index contributed by atoms with van der Waals surface area (Å²) in [7, 11) is 0. The van der Waals surface area contributed by atoms with Crippen LogP contribution in [0.5, 0.6) is 0 Å². The van der Waals surface area contributed by atoms with Crippen molar-refractivity contribution >= 4 is 11.9 Å². The number of carbonyl (C=O) groups excluding carboxylic acids is 1. The zero-order valence-electron chi connectivity index (χ0n) is 13.6. The van der Waals surface area contributed by atoms with Crippen molar-refractivity contribution < 1.29 is 4.79 Å². The van der Waals surface area contributed by atoms with Gasteiger partial charge in [0.2, 0.25) is 11.9 Å². The van der Waals surface area contributed by atoms with Gasteiger partial charge in [-0.2, -0.15) is 0 Å². The van der Waals surface area contributed by atoms with Gasteiger partial charge in [-0.05, 0) is 24.8 Å². The molecular weight excluding hydrogens is 250 g/mol. The lowest BCUT2D eigenvalue weighted by Crippen LogP contribution is -2.32. The number of hydrogen-bond acceptors (Lipinski definition) is 3. The fourth-order valence-corrected chi connectivity index (χ4v) is 1.75. The molecule has 0 saturated carbocycles. The molecule has 0 fully saturated rings. The highest BCUT2D eigenvalue weighted by Crippen LogP contribution is 2.11. The van der Waals surface area contributed by atoms with Gasteiger partial charge in [0.1, 0.15) is 0 Å². The van der Waals surface area contributed by atoms with E-state index in [1.54, 1.807) is 4.90 Å². The molecule has 0 atom stereocenters. The van der Waals surface area contributed by atoms with Crippen molar-refractivity contribution in [2.75, 3.05) is 11.4 Å². The van der Waals surface area contributed by atoms with E-state index in [4.69, 9.17) is 0 Å². The molecule has 0 saturated heterocycles. The van der Waals surface area contributed by atoms with Crippen molar-refractivity contribution in [1.82, 2.24) is 9.97 Å². The predicted molar refractivity (Wildman–Crippen MR) is 84.9 cm³/mol. The maximum Gasteiger partial charge on any atom is 0.232 e. The minimum atomic E-state index is 0.0816. The van der Waals surface area contributed by atoms with Crippen LogP contribution in [0.4, 0.5) is 5.95 Å². The Morgan fingerprint density at radius 1 is 1.10 bits per heavy atom. The van der Waals surface area contributed by atoms with Gasteiger partial charge >= 0.3 is 0 Å². The van der Waals surface area contributed by atoms with Gasteiger partial charge in [0.15, 0.2) is 0 Å². The standard InChI is InChI=1S/C14H23N3O.C2H6/c1-4-7-8-12-10-15-14(16-11-12)17(9-5-2)13(18)6-3;1-2/h10-11H,4-9H2,1-3H3;1-2H3. The third kappa shape index (κ3) is 6.13. The number of carbonyl (C=O) groups is 1. The van der Waals surface area contributed by atoms with E-state index in [9.17, 15) is 4.79 Å². The van der Waals surface area contributed by atoms with E-state index in [1.165, 1.54) is 0 Å². The van der Waals surface area contributed by atoms with E-state index in [-0.39, 0.29) is 5.91 Å². The highest BCUT2D eigenvalue weighted by atomic mass is 16.2. The largest absolute Gasteiger partial charge is 0.281 e. The van der Waals surface area contributed by atoms with Gasteiger partial charge in [0, 0.05) is 25.4 Å². The third-order valence-electron chi connectivity index (χ3n) is 2.80. The lowest BCUT2D eigenvalue weighted by atomic mass is 10.2. The van der Waals surface area contributed by atoms with Crippen LogP contribution in [0.25, 0.3) is 0 Å². The average Bonchev–Trinajstić information content (AvgIpc) is 2.52. The molecule has 4 heteroatoms. The Bertz CT molecular complexity index is 362. The molecule has 1 rings (SSSR count). The normalized spacial score (nSPS) is 9.65. The topological polar surface area (TPSA) is 46.1 Å². The minimum absolute atomic E-state index is 0.0816. The molecule has 0 spiro atoms. The van der Waals surface area contributed by atoms with Crippen LogP contribution in [0.1, 0.15) is 65.9 Å². The van der Waals surface area contributed by atoms with Crippen molar-refractivity contribution in [1.29, 1.82) is 0 Å². The lowest BCUT2D eigenvalue weighted by molar-refractivity contribution is -0.118. The van der Waals surface area contributed by atoms with E-state index in [1.807, 2.05) is 40.1 Å². The molecule has 1 aromatic heterocycles. The Morgan fingerprint density at radius 3 is 2.15 bits per heavy atom. The van der Waals surface area contributed by atoms with E-state index in [2.05, 4.69) is 16.9 Å². The molecular formula is C16H29N3O. The molecule has 1 heterocycles. The maximum atomic E-state index is 11.8. The first-order valence-corrected chi connectivity index (χ1v) is 7.84. The summed E-state index contributed by atoms with van der Waals surface area (Å²) in [5.41, 5.74) is 1.14. The third-order valence-corrected chi connectivity index (χ3v) is 2.80. The van der Waals surface area contributed by atoms with Crippen LogP contribution >= 0.6 is 0 Å². The van der Waals surface area contributed by atoms with Gasteiger partial charge in [0.05, 0.1) is 0 Å². The molecule has 0 aliphatic carbocycles. The molecule has 0 unspecified atom stereocenters. The first kappa shape index (κ1) is 18.6. The minimum Gasteiger partial charge on any atom is -0.281 e. The number of aryl methyl sites for hydroxylation is 1. The summed E-state index contributed by atoms with van der Waals surface area (Å²) in [5.74, 6) is 0.613. The highest BCUT2D eigenvalue weighted by Gasteiger charge is 2.15. The van der Waals surface area contributed by atoms with Crippen molar-refractivity contribution in [2.45, 2.75) is 66.7 Å². The summed E-state index contributed by atoms with van der Waals surface area (Å²) in [6, 6.07) is 0. The number of nitrogens with zero attached hydrogens (tertiary/aromatic N) is 3. The van der Waals surface area contributed by atoms with Gasteiger partial charge in [-0.3, -0.25) is 9.69 Å². The fraction of sp³-hybridized carbons (Fsp3) is 0.688. The lowest BCUT2D eigenvalue weighted by Gasteiger charge is -2.19. The Labute approximate surface area is 123 Å². The number of unbranched alkanes of at least 4 members (excludes halogenated alkanes) is 1. The Kier molecular flexibility index (Phi) is 10.6. The summed E-state index contributed by atoms with van der Waals surface area (Å²) in [4.78, 5) is 22.1. The first-order valence-electron chi connectivity index (χ1n) is 7.84. The van der Waals surface area contributed by atoms with Crippen LogP contribution in [-0.4, -0.2) is 22.4 Å². The number of aromatic nitrogens is 2. The molecule has 1 aromatic rings. The van der Waals surface area contributed by atoms with Crippen molar-refractivity contribution in [2.24, 2.45) is 0 Å². The first-order chi connectivity index (χ1) is 9.72. The molecule has 114 valence electrons. The van der Waals surface area contributed by atoms with Crippen LogP contribution < -0.4 is 4.90 Å². The Morgan fingerprint density at radius 2 is 1.70 bits per heavy atom. The summed E-state index contributed by atoms with van der Waals surface area (Å²) < 4.78 is 0. The molecule has 0 bridgehead atoms. The molecule has 1 amide bonds. The zero-order valence-corrected chi connectivity index (χ0v) is 13.6. The molecule has 0 N–H and O–H groups in total. The van der Waals surface area contributed by atoms with E-state index in [0.29, 0.717) is 18.9 Å². The molecule has 0 aliphatic rings. The summed E-state index contributed by atoms with van der Waals surface area (Å²) in [5, 5.41) is 0. The molecule has 4 nitrogen and oxygen atoms in total. The molecule has 0 aliphatic heterocycles. The number of hydrogen-bond donors (Lipinski definition) is 0. The average molecular weight is 279 g/mol. The smallest absolute Gasteiger partial charge is 0.232 e. The number of amides is 1. The number of rotatable bonds is 7. The second kappa shape index (κ2) is 11.4.